The van der Waals surface area contributed by atoms with Gasteiger partial charge in [-0.1, -0.05) is 0 Å². The molecular formula is C11H13N3. The third-order valence-electron chi connectivity index (χ3n) is 2.17. The summed E-state index contributed by atoms with van der Waals surface area (Å²) >= 11 is 0. The van der Waals surface area contributed by atoms with Crippen molar-refractivity contribution in [1.82, 2.24) is 9.55 Å². The second kappa shape index (κ2) is 3.64. The smallest absolute Gasteiger partial charge is 0.0636 e. The second-order valence-electron chi connectivity index (χ2n) is 3.30. The molecule has 1 atom stereocenters. The van der Waals surface area contributed by atoms with E-state index in [-0.39, 0.29) is 6.04 Å². The molecule has 2 N–H and O–H groups in total. The van der Waals surface area contributed by atoms with Crippen LogP contribution in [0.4, 0.5) is 0 Å². The molecule has 72 valence electrons. The number of pyridine rings is 1. The van der Waals surface area contributed by atoms with E-state index in [9.17, 15) is 0 Å². The van der Waals surface area contributed by atoms with E-state index in [2.05, 4.69) is 9.55 Å². The maximum absolute atomic E-state index is 5.86. The van der Waals surface area contributed by atoms with Crippen LogP contribution in [0.15, 0.2) is 42.9 Å². The number of nitrogens with two attached hydrogens (primary N) is 1. The number of hydrogen-bond acceptors (Lipinski definition) is 2. The summed E-state index contributed by atoms with van der Waals surface area (Å²) in [6, 6.07) is 7.98. The first-order valence-corrected chi connectivity index (χ1v) is 4.62. The summed E-state index contributed by atoms with van der Waals surface area (Å²) in [7, 11) is 0. The summed E-state index contributed by atoms with van der Waals surface area (Å²) < 4.78 is 2.05. The Hall–Kier alpha value is -1.61. The zero-order valence-electron chi connectivity index (χ0n) is 8.09. The van der Waals surface area contributed by atoms with Crippen LogP contribution in [0.5, 0.6) is 0 Å². The first kappa shape index (κ1) is 8.97. The lowest BCUT2D eigenvalue weighted by Crippen LogP contribution is -2.10. The van der Waals surface area contributed by atoms with Crippen molar-refractivity contribution in [2.75, 3.05) is 0 Å². The lowest BCUT2D eigenvalue weighted by molar-refractivity contribution is 0.751. The fraction of sp³-hybridized carbons (Fsp3) is 0.182. The standard InChI is InChI=1S/C11H13N3/c1-9(12)11-5-3-7-14(11)10-4-2-6-13-8-10/h2-9H,12H2,1H3/t9-/m0/s1. The van der Waals surface area contributed by atoms with Crippen molar-refractivity contribution in [2.24, 2.45) is 5.73 Å². The maximum Gasteiger partial charge on any atom is 0.0636 e. The molecule has 0 saturated carbocycles. The fourth-order valence-electron chi connectivity index (χ4n) is 1.50. The van der Waals surface area contributed by atoms with E-state index in [1.54, 1.807) is 6.20 Å². The highest BCUT2D eigenvalue weighted by molar-refractivity contribution is 5.32. The molecule has 14 heavy (non-hydrogen) atoms. The van der Waals surface area contributed by atoms with Crippen LogP contribution in [-0.4, -0.2) is 9.55 Å². The average Bonchev–Trinajstić information content (AvgIpc) is 2.67. The Morgan fingerprint density at radius 2 is 2.21 bits per heavy atom. The lowest BCUT2D eigenvalue weighted by atomic mass is 10.2. The zero-order valence-corrected chi connectivity index (χ0v) is 8.09. The average molecular weight is 187 g/mol. The number of rotatable bonds is 2. The summed E-state index contributed by atoms with van der Waals surface area (Å²) in [6.45, 7) is 1.97. The predicted octanol–water partition coefficient (Wildman–Crippen LogP) is 1.89. The van der Waals surface area contributed by atoms with Gasteiger partial charge in [-0.3, -0.25) is 4.98 Å². The van der Waals surface area contributed by atoms with Crippen molar-refractivity contribution in [3.8, 4) is 5.69 Å². The maximum atomic E-state index is 5.86. The molecule has 0 radical (unpaired) electrons. The molecule has 3 heteroatoms. The minimum Gasteiger partial charge on any atom is -0.323 e. The third kappa shape index (κ3) is 1.54. The minimum atomic E-state index is 0.0326. The summed E-state index contributed by atoms with van der Waals surface area (Å²) in [5, 5.41) is 0. The van der Waals surface area contributed by atoms with Gasteiger partial charge in [0.2, 0.25) is 0 Å². The molecule has 2 aromatic heterocycles. The van der Waals surface area contributed by atoms with Crippen LogP contribution in [0.2, 0.25) is 0 Å². The molecule has 2 heterocycles. The molecular weight excluding hydrogens is 174 g/mol. The van der Waals surface area contributed by atoms with Crippen molar-refractivity contribution in [1.29, 1.82) is 0 Å². The molecule has 0 bridgehead atoms. The molecule has 0 aliphatic rings. The summed E-state index contributed by atoms with van der Waals surface area (Å²) in [5.74, 6) is 0. The Bertz CT molecular complexity index is 403. The fourth-order valence-corrected chi connectivity index (χ4v) is 1.50. The number of hydrogen-bond donors (Lipinski definition) is 1. The van der Waals surface area contributed by atoms with Gasteiger partial charge in [0.05, 0.1) is 11.9 Å². The minimum absolute atomic E-state index is 0.0326. The number of nitrogens with zero attached hydrogens (tertiary/aromatic N) is 2. The highest BCUT2D eigenvalue weighted by Gasteiger charge is 2.06. The molecule has 0 aliphatic carbocycles. The highest BCUT2D eigenvalue weighted by Crippen LogP contribution is 2.15. The normalized spacial score (nSPS) is 12.7. The molecule has 0 amide bonds. The Morgan fingerprint density at radius 1 is 1.36 bits per heavy atom. The highest BCUT2D eigenvalue weighted by atomic mass is 15.0. The Morgan fingerprint density at radius 3 is 2.86 bits per heavy atom. The van der Waals surface area contributed by atoms with Crippen LogP contribution >= 0.6 is 0 Å². The van der Waals surface area contributed by atoms with E-state index >= 15 is 0 Å². The van der Waals surface area contributed by atoms with E-state index in [4.69, 9.17) is 5.73 Å². The van der Waals surface area contributed by atoms with Crippen molar-refractivity contribution in [3.63, 3.8) is 0 Å². The monoisotopic (exact) mass is 187 g/mol. The van der Waals surface area contributed by atoms with Gasteiger partial charge in [0.15, 0.2) is 0 Å². The van der Waals surface area contributed by atoms with Crippen LogP contribution in [0.25, 0.3) is 5.69 Å². The summed E-state index contributed by atoms with van der Waals surface area (Å²) in [4.78, 5) is 4.08. The van der Waals surface area contributed by atoms with Crippen molar-refractivity contribution in [2.45, 2.75) is 13.0 Å². The topological polar surface area (TPSA) is 43.8 Å². The lowest BCUT2D eigenvalue weighted by Gasteiger charge is -2.11. The van der Waals surface area contributed by atoms with Crippen LogP contribution in [0, 0.1) is 0 Å². The molecule has 0 aliphatic heterocycles. The third-order valence-corrected chi connectivity index (χ3v) is 2.17. The predicted molar refractivity (Wildman–Crippen MR) is 56.2 cm³/mol. The Labute approximate surface area is 83.2 Å². The Kier molecular flexibility index (Phi) is 2.33. The first-order chi connectivity index (χ1) is 6.79. The van der Waals surface area contributed by atoms with Crippen LogP contribution in [-0.2, 0) is 0 Å². The second-order valence-corrected chi connectivity index (χ2v) is 3.30. The largest absolute Gasteiger partial charge is 0.323 e. The van der Waals surface area contributed by atoms with Gasteiger partial charge in [-0.25, -0.2) is 0 Å². The van der Waals surface area contributed by atoms with Gasteiger partial charge < -0.3 is 10.3 Å². The molecule has 0 aromatic carbocycles. The molecule has 3 nitrogen and oxygen atoms in total. The van der Waals surface area contributed by atoms with Crippen LogP contribution in [0.3, 0.4) is 0 Å². The van der Waals surface area contributed by atoms with Crippen molar-refractivity contribution >= 4 is 0 Å². The molecule has 2 aromatic rings. The van der Waals surface area contributed by atoms with Gasteiger partial charge in [0, 0.05) is 24.1 Å². The molecule has 0 spiro atoms. The zero-order chi connectivity index (χ0) is 9.97. The molecule has 0 fully saturated rings. The molecule has 0 unspecified atom stereocenters. The van der Waals surface area contributed by atoms with Gasteiger partial charge in [-0.2, -0.15) is 0 Å². The Balaban J connectivity index is 2.47. The van der Waals surface area contributed by atoms with Crippen LogP contribution < -0.4 is 5.73 Å². The first-order valence-electron chi connectivity index (χ1n) is 4.62. The summed E-state index contributed by atoms with van der Waals surface area (Å²) in [6.07, 6.45) is 5.58. The van der Waals surface area contributed by atoms with E-state index < -0.39 is 0 Å². The number of aromatic nitrogens is 2. The van der Waals surface area contributed by atoms with Gasteiger partial charge in [-0.05, 0) is 31.2 Å². The van der Waals surface area contributed by atoms with Gasteiger partial charge in [-0.15, -0.1) is 0 Å². The molecule has 2 rings (SSSR count). The quantitative estimate of drug-likeness (QED) is 0.780. The van der Waals surface area contributed by atoms with Gasteiger partial charge in [0.1, 0.15) is 0 Å². The summed E-state index contributed by atoms with van der Waals surface area (Å²) in [5.41, 5.74) is 8.00. The van der Waals surface area contributed by atoms with Gasteiger partial charge in [0.25, 0.3) is 0 Å². The molecule has 0 saturated heterocycles. The van der Waals surface area contributed by atoms with E-state index in [0.29, 0.717) is 0 Å². The SMILES string of the molecule is C[C@H](N)c1cccn1-c1cccnc1. The van der Waals surface area contributed by atoms with E-state index in [1.165, 1.54) is 0 Å². The van der Waals surface area contributed by atoms with Gasteiger partial charge >= 0.3 is 0 Å². The van der Waals surface area contributed by atoms with Crippen molar-refractivity contribution in [3.05, 3.63) is 48.5 Å². The van der Waals surface area contributed by atoms with Crippen molar-refractivity contribution < 1.29 is 0 Å². The van der Waals surface area contributed by atoms with Crippen LogP contribution in [0.1, 0.15) is 18.7 Å². The van der Waals surface area contributed by atoms with E-state index in [1.807, 2.05) is 43.6 Å². The van der Waals surface area contributed by atoms with E-state index in [0.717, 1.165) is 11.4 Å².